The monoisotopic (exact) mass is 437 g/mol. The Morgan fingerprint density at radius 1 is 1.06 bits per heavy atom. The molecule has 7 bridgehead atoms. The highest BCUT2D eigenvalue weighted by molar-refractivity contribution is 5.38. The summed E-state index contributed by atoms with van der Waals surface area (Å²) in [4.78, 5) is 2.38. The zero-order chi connectivity index (χ0) is 22.0. The number of hydrogen-bond donors (Lipinski definition) is 3. The summed E-state index contributed by atoms with van der Waals surface area (Å²) in [6, 6.07) is -0.242. The third-order valence-electron chi connectivity index (χ3n) is 11.2. The summed E-state index contributed by atoms with van der Waals surface area (Å²) < 4.78 is 17.7. The number of fused-ring (bicyclic) bond motifs is 2. The topological polar surface area (TPSA) is 91.6 Å². The molecule has 3 N–H and O–H groups in total. The second kappa shape index (κ2) is 6.44. The van der Waals surface area contributed by atoms with Crippen LogP contribution < -0.4 is 0 Å². The Morgan fingerprint density at radius 3 is 2.48 bits per heavy atom. The number of hydrogen-bond acceptors (Lipinski definition) is 7. The average molecular weight is 438 g/mol. The molecule has 176 valence electrons. The predicted octanol–water partition coefficient (Wildman–Crippen LogP) is 0.646. The summed E-state index contributed by atoms with van der Waals surface area (Å²) in [6.07, 6.45) is 2.70. The highest BCUT2D eigenvalue weighted by Crippen LogP contribution is 2.79. The van der Waals surface area contributed by atoms with Crippen LogP contribution in [0.1, 0.15) is 39.0 Å². The lowest BCUT2D eigenvalue weighted by Gasteiger charge is -2.70. The summed E-state index contributed by atoms with van der Waals surface area (Å²) in [5.74, 6) is 0.249. The van der Waals surface area contributed by atoms with Gasteiger partial charge in [-0.2, -0.15) is 0 Å². The Bertz CT molecular complexity index is 766. The van der Waals surface area contributed by atoms with Crippen LogP contribution in [-0.4, -0.2) is 96.8 Å². The van der Waals surface area contributed by atoms with Crippen LogP contribution in [0, 0.1) is 34.5 Å². The molecular formula is C24H39NO6. The first-order valence-electron chi connectivity index (χ1n) is 12.2. The van der Waals surface area contributed by atoms with E-state index in [0.717, 1.165) is 32.4 Å². The Balaban J connectivity index is 1.61. The van der Waals surface area contributed by atoms with Gasteiger partial charge in [0.1, 0.15) is 11.2 Å². The Hall–Kier alpha value is -0.280. The number of aliphatic hydroxyl groups is 3. The third kappa shape index (κ3) is 2.04. The van der Waals surface area contributed by atoms with Crippen LogP contribution in [0.2, 0.25) is 0 Å². The molecule has 7 nitrogen and oxygen atoms in total. The summed E-state index contributed by atoms with van der Waals surface area (Å²) in [5, 5.41) is 36.9. The van der Waals surface area contributed by atoms with Gasteiger partial charge < -0.3 is 29.5 Å². The van der Waals surface area contributed by atoms with Gasteiger partial charge >= 0.3 is 0 Å². The number of piperidine rings is 1. The molecule has 0 aromatic rings. The lowest BCUT2D eigenvalue weighted by Crippen LogP contribution is -2.81. The van der Waals surface area contributed by atoms with Crippen molar-refractivity contribution < 1.29 is 29.5 Å². The van der Waals surface area contributed by atoms with E-state index < -0.39 is 22.7 Å². The maximum Gasteiger partial charge on any atom is 0.110 e. The molecule has 1 saturated heterocycles. The summed E-state index contributed by atoms with van der Waals surface area (Å²) >= 11 is 0. The first kappa shape index (κ1) is 21.3. The van der Waals surface area contributed by atoms with Gasteiger partial charge in [-0.25, -0.2) is 0 Å². The van der Waals surface area contributed by atoms with Gasteiger partial charge in [0.15, 0.2) is 0 Å². The molecule has 0 aromatic heterocycles. The van der Waals surface area contributed by atoms with E-state index in [9.17, 15) is 15.3 Å². The van der Waals surface area contributed by atoms with Gasteiger partial charge in [-0.15, -0.1) is 0 Å². The molecule has 0 amide bonds. The van der Waals surface area contributed by atoms with E-state index in [2.05, 4.69) is 11.8 Å². The zero-order valence-corrected chi connectivity index (χ0v) is 19.3. The minimum Gasteiger partial charge on any atom is -0.392 e. The summed E-state index contributed by atoms with van der Waals surface area (Å²) in [7, 11) is 5.20. The van der Waals surface area contributed by atoms with Crippen LogP contribution in [0.5, 0.6) is 0 Å². The minimum atomic E-state index is -1.29. The van der Waals surface area contributed by atoms with Gasteiger partial charge in [0.25, 0.3) is 0 Å². The smallest absolute Gasteiger partial charge is 0.110 e. The van der Waals surface area contributed by atoms with Gasteiger partial charge in [-0.1, -0.05) is 6.92 Å². The zero-order valence-electron chi connectivity index (χ0n) is 19.3. The Labute approximate surface area is 185 Å². The van der Waals surface area contributed by atoms with Crippen LogP contribution in [0.4, 0.5) is 0 Å². The number of ether oxygens (including phenoxy) is 3. The highest BCUT2D eigenvalue weighted by atomic mass is 16.5. The highest BCUT2D eigenvalue weighted by Gasteiger charge is 2.88. The molecular weight excluding hydrogens is 398 g/mol. The van der Waals surface area contributed by atoms with Crippen molar-refractivity contribution in [3.63, 3.8) is 0 Å². The number of methoxy groups -OCH3 is 3. The average Bonchev–Trinajstić information content (AvgIpc) is 3.19. The minimum absolute atomic E-state index is 0.0960. The molecule has 1 heterocycles. The van der Waals surface area contributed by atoms with E-state index in [1.807, 2.05) is 0 Å². The van der Waals surface area contributed by atoms with Crippen LogP contribution >= 0.6 is 0 Å². The van der Waals surface area contributed by atoms with Crippen LogP contribution in [0.25, 0.3) is 0 Å². The fraction of sp³-hybridized carbons (Fsp3) is 1.00. The van der Waals surface area contributed by atoms with Crippen molar-refractivity contribution in [3.05, 3.63) is 0 Å². The first-order chi connectivity index (χ1) is 14.8. The molecule has 6 fully saturated rings. The molecule has 1 aliphatic heterocycles. The van der Waals surface area contributed by atoms with Crippen molar-refractivity contribution in [1.82, 2.24) is 4.90 Å². The van der Waals surface area contributed by atoms with Gasteiger partial charge in [-0.3, -0.25) is 4.90 Å². The quantitative estimate of drug-likeness (QED) is 0.582. The third-order valence-corrected chi connectivity index (χ3v) is 11.2. The lowest BCUT2D eigenvalue weighted by molar-refractivity contribution is -0.314. The molecule has 31 heavy (non-hydrogen) atoms. The van der Waals surface area contributed by atoms with Crippen molar-refractivity contribution in [3.8, 4) is 0 Å². The fourth-order valence-electron chi connectivity index (χ4n) is 10.6. The number of likely N-dealkylation sites (tertiary alicyclic amines) is 1. The number of likely N-dealkylation sites (N-methyl/N-ethyl adjacent to an activating group) is 1. The van der Waals surface area contributed by atoms with E-state index in [1.54, 1.807) is 21.3 Å². The van der Waals surface area contributed by atoms with E-state index in [1.165, 1.54) is 0 Å². The van der Waals surface area contributed by atoms with Crippen molar-refractivity contribution >= 4 is 0 Å². The second-order valence-corrected chi connectivity index (χ2v) is 11.6. The van der Waals surface area contributed by atoms with Crippen LogP contribution in [0.15, 0.2) is 0 Å². The Morgan fingerprint density at radius 2 is 1.84 bits per heavy atom. The first-order valence-corrected chi connectivity index (χ1v) is 12.2. The normalized spacial score (nSPS) is 61.6. The largest absolute Gasteiger partial charge is 0.392 e. The van der Waals surface area contributed by atoms with Gasteiger partial charge in [0.05, 0.1) is 24.9 Å². The van der Waals surface area contributed by atoms with E-state index in [-0.39, 0.29) is 47.3 Å². The molecule has 1 unspecified atom stereocenters. The molecule has 1 spiro atoms. The maximum atomic E-state index is 12.6. The van der Waals surface area contributed by atoms with E-state index in [0.29, 0.717) is 19.4 Å². The molecule has 0 radical (unpaired) electrons. The van der Waals surface area contributed by atoms with Gasteiger partial charge in [-0.05, 0) is 44.1 Å². The fourth-order valence-corrected chi connectivity index (χ4v) is 10.6. The summed E-state index contributed by atoms with van der Waals surface area (Å²) in [6.45, 7) is 4.43. The SMILES string of the molecule is CCN1C[C@]2(COC)CC[C@H](O)[C@]34C1[C@](O)(C[C@H]23)[C@@]1(O)C[C@H](OC)[C@H]2C[C@@H]4[C@@H]1[C@H]2OC. The van der Waals surface area contributed by atoms with E-state index >= 15 is 0 Å². The maximum absolute atomic E-state index is 12.6. The number of nitrogens with zero attached hydrogens (tertiary/aromatic N) is 1. The molecule has 6 aliphatic rings. The standard InChI is InChI=1S/C24H39NO6/c1-5-25-11-21(12-29-2)7-6-17(26)24-14-8-13-15(30-3)9-22(27,18(14)19(13)31-4)23(28,20(24)25)10-16(21)24/h13-20,26-28H,5-12H2,1-4H3/t13-,14-,15+,16-,17+,18-,19+,20?,21+,22-,23-,24-/m1/s1. The van der Waals surface area contributed by atoms with Crippen LogP contribution in [0.3, 0.4) is 0 Å². The molecule has 5 saturated carbocycles. The van der Waals surface area contributed by atoms with Gasteiger partial charge in [0, 0.05) is 63.0 Å². The second-order valence-electron chi connectivity index (χ2n) is 11.6. The summed E-state index contributed by atoms with van der Waals surface area (Å²) in [5.41, 5.74) is -3.11. The van der Waals surface area contributed by atoms with Gasteiger partial charge in [0.2, 0.25) is 0 Å². The molecule has 7 heteroatoms. The predicted molar refractivity (Wildman–Crippen MR) is 112 cm³/mol. The van der Waals surface area contributed by atoms with Crippen molar-refractivity contribution in [1.29, 1.82) is 0 Å². The van der Waals surface area contributed by atoms with E-state index in [4.69, 9.17) is 14.2 Å². The molecule has 6 rings (SSSR count). The molecule has 12 atom stereocenters. The van der Waals surface area contributed by atoms with Crippen molar-refractivity contribution in [2.24, 2.45) is 34.5 Å². The van der Waals surface area contributed by atoms with Crippen LogP contribution in [-0.2, 0) is 14.2 Å². The lowest BCUT2D eigenvalue weighted by atomic mass is 9.42. The Kier molecular flexibility index (Phi) is 4.41. The molecule has 0 aromatic carbocycles. The number of rotatable bonds is 5. The molecule has 5 aliphatic carbocycles. The van der Waals surface area contributed by atoms with Crippen molar-refractivity contribution in [2.75, 3.05) is 41.0 Å². The van der Waals surface area contributed by atoms with Crippen molar-refractivity contribution in [2.45, 2.75) is 74.6 Å². The number of aliphatic hydroxyl groups excluding tert-OH is 1.